The number of carboxylic acids is 1. The third-order valence-electron chi connectivity index (χ3n) is 3.41. The zero-order valence-electron chi connectivity index (χ0n) is 12.8. The molecule has 1 aromatic rings. The predicted octanol–water partition coefficient (Wildman–Crippen LogP) is 1.01. The fourth-order valence-corrected chi connectivity index (χ4v) is 2.51. The van der Waals surface area contributed by atoms with Gasteiger partial charge in [-0.3, -0.25) is 14.4 Å². The van der Waals surface area contributed by atoms with Crippen LogP contribution in [0.25, 0.3) is 0 Å². The van der Waals surface area contributed by atoms with Gasteiger partial charge < -0.3 is 15.3 Å². The smallest absolute Gasteiger partial charge is 0.323 e. The molecule has 0 saturated heterocycles. The van der Waals surface area contributed by atoms with Crippen molar-refractivity contribution < 1.29 is 19.5 Å². The van der Waals surface area contributed by atoms with Crippen LogP contribution in [0.2, 0.25) is 0 Å². The van der Waals surface area contributed by atoms with Crippen molar-refractivity contribution in [3.05, 3.63) is 60.3 Å². The normalized spacial score (nSPS) is 18.1. The van der Waals surface area contributed by atoms with E-state index in [1.165, 1.54) is 12.3 Å². The van der Waals surface area contributed by atoms with Crippen molar-refractivity contribution >= 4 is 30.4 Å². The van der Waals surface area contributed by atoms with E-state index in [4.69, 9.17) is 5.11 Å². The molecule has 24 heavy (non-hydrogen) atoms. The van der Waals surface area contributed by atoms with E-state index >= 15 is 0 Å². The van der Waals surface area contributed by atoms with Gasteiger partial charge in [-0.1, -0.05) is 42.5 Å². The molecule has 1 aliphatic heterocycles. The summed E-state index contributed by atoms with van der Waals surface area (Å²) in [6.45, 7) is -0.461. The average Bonchev–Trinajstić information content (AvgIpc) is 2.71. The summed E-state index contributed by atoms with van der Waals surface area (Å²) in [5.41, 5.74) is 0.963. The van der Waals surface area contributed by atoms with Crippen molar-refractivity contribution in [1.82, 2.24) is 10.2 Å². The molecule has 2 N–H and O–H groups in total. The van der Waals surface area contributed by atoms with E-state index in [9.17, 15) is 14.4 Å². The van der Waals surface area contributed by atoms with Gasteiger partial charge in [0, 0.05) is 6.20 Å². The Bertz CT molecular complexity index is 672. The molecule has 1 aliphatic rings. The number of carbonyl (C=O) groups excluding carboxylic acids is 2. The van der Waals surface area contributed by atoms with Gasteiger partial charge in [-0.15, -0.1) is 0 Å². The molecule has 0 spiro atoms. The number of aliphatic carboxylic acids is 1. The molecular weight excluding hydrogens is 328 g/mol. The van der Waals surface area contributed by atoms with E-state index in [1.54, 1.807) is 12.2 Å². The van der Waals surface area contributed by atoms with Crippen LogP contribution in [0, 0.1) is 0 Å². The Morgan fingerprint density at radius 2 is 1.96 bits per heavy atom. The van der Waals surface area contributed by atoms with E-state index in [1.807, 2.05) is 30.3 Å². The highest BCUT2D eigenvalue weighted by Gasteiger charge is 2.27. The first kappa shape index (κ1) is 17.8. The van der Waals surface area contributed by atoms with Gasteiger partial charge in [0.1, 0.15) is 12.6 Å². The average molecular weight is 346 g/mol. The highest BCUT2D eigenvalue weighted by molar-refractivity contribution is 7.81. The van der Waals surface area contributed by atoms with Crippen molar-refractivity contribution in [2.75, 3.05) is 6.54 Å². The van der Waals surface area contributed by atoms with Crippen LogP contribution in [-0.4, -0.2) is 45.6 Å². The number of thiol groups is 1. The summed E-state index contributed by atoms with van der Waals surface area (Å²) < 4.78 is 0. The molecule has 2 atom stereocenters. The number of carboxylic acid groups (broad SMARTS) is 1. The lowest BCUT2D eigenvalue weighted by Crippen LogP contribution is -2.48. The maximum atomic E-state index is 12.3. The molecule has 2 amide bonds. The molecule has 1 aromatic carbocycles. The Morgan fingerprint density at radius 1 is 1.25 bits per heavy atom. The molecule has 2 unspecified atom stereocenters. The second-order valence-corrected chi connectivity index (χ2v) is 5.90. The number of hydrogen-bond acceptors (Lipinski definition) is 4. The number of allylic oxidation sites excluding steroid dienone is 2. The van der Waals surface area contributed by atoms with Crippen LogP contribution in [0.5, 0.6) is 0 Å². The standard InChI is InChI=1S/C17H18N2O4S/c20-15(21)11-19-9-5-4-8-13(17(19)23)18-16(22)14(24)10-12-6-2-1-3-7-12/h1-9,13-14,24H,10-11H2,(H,18,22)(H,20,21). The minimum atomic E-state index is -1.13. The van der Waals surface area contributed by atoms with Gasteiger partial charge in [0.15, 0.2) is 0 Å². The number of nitrogens with one attached hydrogen (secondary N) is 1. The summed E-state index contributed by atoms with van der Waals surface area (Å²) in [7, 11) is 0. The SMILES string of the molecule is O=C(O)CN1C=CC=CC(NC(=O)C(S)Cc2ccccc2)C1=O. The largest absolute Gasteiger partial charge is 0.480 e. The number of amides is 2. The van der Waals surface area contributed by atoms with E-state index < -0.39 is 29.7 Å². The molecule has 0 fully saturated rings. The lowest BCUT2D eigenvalue weighted by atomic mass is 10.1. The predicted molar refractivity (Wildman–Crippen MR) is 92.5 cm³/mol. The van der Waals surface area contributed by atoms with Crippen LogP contribution in [0.4, 0.5) is 0 Å². The first-order valence-corrected chi connectivity index (χ1v) is 7.88. The van der Waals surface area contributed by atoms with E-state index in [-0.39, 0.29) is 5.91 Å². The Hall–Kier alpha value is -2.54. The van der Waals surface area contributed by atoms with Gasteiger partial charge in [-0.25, -0.2) is 0 Å². The third-order valence-corrected chi connectivity index (χ3v) is 3.82. The summed E-state index contributed by atoms with van der Waals surface area (Å²) in [5, 5.41) is 10.8. The maximum Gasteiger partial charge on any atom is 0.323 e. The molecular formula is C17H18N2O4S. The second kappa shape index (κ2) is 8.35. The van der Waals surface area contributed by atoms with Gasteiger partial charge in [0.05, 0.1) is 5.25 Å². The van der Waals surface area contributed by atoms with Crippen LogP contribution in [0.3, 0.4) is 0 Å². The Labute approximate surface area is 145 Å². The number of nitrogens with zero attached hydrogens (tertiary/aromatic N) is 1. The van der Waals surface area contributed by atoms with Gasteiger partial charge in [0.2, 0.25) is 5.91 Å². The third kappa shape index (κ3) is 4.99. The molecule has 1 heterocycles. The number of rotatable bonds is 6. The van der Waals surface area contributed by atoms with Gasteiger partial charge in [-0.05, 0) is 18.1 Å². The summed E-state index contributed by atoms with van der Waals surface area (Å²) in [6.07, 6.45) is 6.46. The molecule has 0 radical (unpaired) electrons. The molecule has 6 nitrogen and oxygen atoms in total. The van der Waals surface area contributed by atoms with E-state index in [2.05, 4.69) is 17.9 Å². The number of carbonyl (C=O) groups is 3. The van der Waals surface area contributed by atoms with Crippen LogP contribution in [0.1, 0.15) is 5.56 Å². The minimum Gasteiger partial charge on any atom is -0.480 e. The monoisotopic (exact) mass is 346 g/mol. The van der Waals surface area contributed by atoms with Crippen molar-refractivity contribution in [1.29, 1.82) is 0 Å². The lowest BCUT2D eigenvalue weighted by Gasteiger charge is -2.22. The number of hydrogen-bond donors (Lipinski definition) is 3. The molecule has 0 saturated carbocycles. The van der Waals surface area contributed by atoms with E-state index in [0.717, 1.165) is 10.5 Å². The van der Waals surface area contributed by atoms with Gasteiger partial charge in [0.25, 0.3) is 5.91 Å². The number of benzene rings is 1. The van der Waals surface area contributed by atoms with Gasteiger partial charge in [-0.2, -0.15) is 12.6 Å². The molecule has 0 bridgehead atoms. The highest BCUT2D eigenvalue weighted by atomic mass is 32.1. The fourth-order valence-electron chi connectivity index (χ4n) is 2.23. The second-order valence-electron chi connectivity index (χ2n) is 5.28. The quantitative estimate of drug-likeness (QED) is 0.671. The Kier molecular flexibility index (Phi) is 6.20. The van der Waals surface area contributed by atoms with E-state index in [0.29, 0.717) is 6.42 Å². The zero-order chi connectivity index (χ0) is 17.5. The minimum absolute atomic E-state index is 0.387. The highest BCUT2D eigenvalue weighted by Crippen LogP contribution is 2.10. The first-order valence-electron chi connectivity index (χ1n) is 7.37. The zero-order valence-corrected chi connectivity index (χ0v) is 13.7. The Morgan fingerprint density at radius 3 is 2.62 bits per heavy atom. The molecule has 2 rings (SSSR count). The van der Waals surface area contributed by atoms with Crippen molar-refractivity contribution in [3.63, 3.8) is 0 Å². The molecule has 7 heteroatoms. The fraction of sp³-hybridized carbons (Fsp3) is 0.235. The van der Waals surface area contributed by atoms with Gasteiger partial charge >= 0.3 is 5.97 Å². The van der Waals surface area contributed by atoms with Crippen LogP contribution < -0.4 is 5.32 Å². The van der Waals surface area contributed by atoms with Crippen LogP contribution in [0.15, 0.2) is 54.8 Å². The van der Waals surface area contributed by atoms with Crippen LogP contribution in [-0.2, 0) is 20.8 Å². The maximum absolute atomic E-state index is 12.3. The summed E-state index contributed by atoms with van der Waals surface area (Å²) in [5.74, 6) is -2.02. The summed E-state index contributed by atoms with van der Waals surface area (Å²) in [6, 6.07) is 8.51. The molecule has 126 valence electrons. The summed E-state index contributed by atoms with van der Waals surface area (Å²) >= 11 is 4.30. The van der Waals surface area contributed by atoms with Crippen molar-refractivity contribution in [2.45, 2.75) is 17.7 Å². The van der Waals surface area contributed by atoms with Crippen molar-refractivity contribution in [3.8, 4) is 0 Å². The topological polar surface area (TPSA) is 86.7 Å². The van der Waals surface area contributed by atoms with Crippen LogP contribution >= 0.6 is 12.6 Å². The first-order chi connectivity index (χ1) is 11.5. The lowest BCUT2D eigenvalue weighted by molar-refractivity contribution is -0.143. The Balaban J connectivity index is 1.99. The summed E-state index contributed by atoms with van der Waals surface area (Å²) in [4.78, 5) is 36.5. The molecule has 0 aromatic heterocycles. The molecule has 0 aliphatic carbocycles. The van der Waals surface area contributed by atoms with Crippen molar-refractivity contribution in [2.24, 2.45) is 0 Å².